The maximum atomic E-state index is 10.6. The SMILES string of the molecule is CCCc1ccc([O-])cc1.[Na+]. The van der Waals surface area contributed by atoms with Crippen LogP contribution in [0.1, 0.15) is 18.9 Å². The van der Waals surface area contributed by atoms with Gasteiger partial charge in [-0.25, -0.2) is 0 Å². The Hall–Kier alpha value is 0.0200. The minimum atomic E-state index is 0. The number of benzene rings is 1. The average Bonchev–Trinajstić information content (AvgIpc) is 1.95. The molecule has 0 aromatic heterocycles. The van der Waals surface area contributed by atoms with Crippen molar-refractivity contribution in [3.8, 4) is 5.75 Å². The molecule has 0 heterocycles. The minimum absolute atomic E-state index is 0. The Balaban J connectivity index is 0.000001000. The van der Waals surface area contributed by atoms with E-state index in [0.717, 1.165) is 12.8 Å². The molecule has 1 aromatic carbocycles. The minimum Gasteiger partial charge on any atom is -0.872 e. The van der Waals surface area contributed by atoms with Gasteiger partial charge in [-0.3, -0.25) is 0 Å². The smallest absolute Gasteiger partial charge is 0.872 e. The largest absolute Gasteiger partial charge is 1.00 e. The van der Waals surface area contributed by atoms with E-state index >= 15 is 0 Å². The van der Waals surface area contributed by atoms with Gasteiger partial charge in [-0.15, -0.1) is 5.75 Å². The van der Waals surface area contributed by atoms with E-state index in [1.807, 2.05) is 12.1 Å². The number of rotatable bonds is 2. The summed E-state index contributed by atoms with van der Waals surface area (Å²) in [5.74, 6) is 0.0971. The van der Waals surface area contributed by atoms with Crippen molar-refractivity contribution in [1.82, 2.24) is 0 Å². The monoisotopic (exact) mass is 158 g/mol. The molecule has 1 aromatic rings. The van der Waals surface area contributed by atoms with Gasteiger partial charge in [0.25, 0.3) is 0 Å². The van der Waals surface area contributed by atoms with E-state index in [-0.39, 0.29) is 35.3 Å². The number of hydrogen-bond donors (Lipinski definition) is 0. The van der Waals surface area contributed by atoms with Crippen LogP contribution in [0.25, 0.3) is 0 Å². The van der Waals surface area contributed by atoms with Crippen molar-refractivity contribution in [2.45, 2.75) is 19.8 Å². The van der Waals surface area contributed by atoms with Crippen LogP contribution >= 0.6 is 0 Å². The van der Waals surface area contributed by atoms with Crippen LogP contribution in [0.2, 0.25) is 0 Å². The first-order chi connectivity index (χ1) is 4.83. The van der Waals surface area contributed by atoms with Gasteiger partial charge in [0.1, 0.15) is 0 Å². The summed E-state index contributed by atoms with van der Waals surface area (Å²) in [5, 5.41) is 10.6. The van der Waals surface area contributed by atoms with Crippen molar-refractivity contribution in [2.24, 2.45) is 0 Å². The summed E-state index contributed by atoms with van der Waals surface area (Å²) in [6.45, 7) is 2.13. The molecular weight excluding hydrogens is 147 g/mol. The summed E-state index contributed by atoms with van der Waals surface area (Å²) in [5.41, 5.74) is 1.25. The molecule has 11 heavy (non-hydrogen) atoms. The van der Waals surface area contributed by atoms with Gasteiger partial charge < -0.3 is 5.11 Å². The Morgan fingerprint density at radius 2 is 1.73 bits per heavy atom. The second-order valence-corrected chi connectivity index (χ2v) is 2.39. The average molecular weight is 158 g/mol. The van der Waals surface area contributed by atoms with Crippen molar-refractivity contribution in [3.63, 3.8) is 0 Å². The van der Waals surface area contributed by atoms with Crippen molar-refractivity contribution in [2.75, 3.05) is 0 Å². The van der Waals surface area contributed by atoms with Crippen LogP contribution in [0.4, 0.5) is 0 Å². The molecular formula is C9H11NaO. The van der Waals surface area contributed by atoms with Crippen molar-refractivity contribution >= 4 is 0 Å². The standard InChI is InChI=1S/C9H12O.Na/c1-2-3-8-4-6-9(10)7-5-8;/h4-7,10H,2-3H2,1H3;/q;+1/p-1. The first-order valence-corrected chi connectivity index (χ1v) is 3.59. The fourth-order valence-electron chi connectivity index (χ4n) is 0.945. The summed E-state index contributed by atoms with van der Waals surface area (Å²) >= 11 is 0. The van der Waals surface area contributed by atoms with Gasteiger partial charge in [0.15, 0.2) is 0 Å². The maximum absolute atomic E-state index is 10.6. The van der Waals surface area contributed by atoms with Crippen LogP contribution in [0.15, 0.2) is 24.3 Å². The van der Waals surface area contributed by atoms with Gasteiger partial charge in [-0.2, -0.15) is 0 Å². The van der Waals surface area contributed by atoms with Gasteiger partial charge >= 0.3 is 29.6 Å². The Morgan fingerprint density at radius 1 is 1.18 bits per heavy atom. The molecule has 0 spiro atoms. The van der Waals surface area contributed by atoms with Gasteiger partial charge in [-0.05, 0) is 12.0 Å². The zero-order valence-corrected chi connectivity index (χ0v) is 9.13. The quantitative estimate of drug-likeness (QED) is 0.491. The molecule has 1 nitrogen and oxygen atoms in total. The third-order valence-corrected chi connectivity index (χ3v) is 1.46. The molecule has 0 saturated heterocycles. The molecule has 0 saturated carbocycles. The number of hydrogen-bond acceptors (Lipinski definition) is 1. The maximum Gasteiger partial charge on any atom is 1.00 e. The Bertz CT molecular complexity index is 193. The van der Waals surface area contributed by atoms with Gasteiger partial charge in [0.05, 0.1) is 0 Å². The van der Waals surface area contributed by atoms with E-state index in [9.17, 15) is 5.11 Å². The second-order valence-electron chi connectivity index (χ2n) is 2.39. The molecule has 0 aliphatic rings. The topological polar surface area (TPSA) is 23.1 Å². The first-order valence-electron chi connectivity index (χ1n) is 3.59. The van der Waals surface area contributed by atoms with E-state index in [1.54, 1.807) is 12.1 Å². The zero-order valence-electron chi connectivity index (χ0n) is 7.13. The zero-order chi connectivity index (χ0) is 7.40. The fraction of sp³-hybridized carbons (Fsp3) is 0.333. The molecule has 0 radical (unpaired) electrons. The fourth-order valence-corrected chi connectivity index (χ4v) is 0.945. The second kappa shape index (κ2) is 5.64. The predicted molar refractivity (Wildman–Crippen MR) is 39.9 cm³/mol. The van der Waals surface area contributed by atoms with Crippen molar-refractivity contribution < 1.29 is 34.7 Å². The number of aryl methyl sites for hydroxylation is 1. The van der Waals surface area contributed by atoms with E-state index in [0.29, 0.717) is 0 Å². The molecule has 54 valence electrons. The van der Waals surface area contributed by atoms with Crippen molar-refractivity contribution in [3.05, 3.63) is 29.8 Å². The van der Waals surface area contributed by atoms with Crippen LogP contribution in [0.3, 0.4) is 0 Å². The van der Waals surface area contributed by atoms with Crippen LogP contribution in [0.5, 0.6) is 5.75 Å². The molecule has 1 rings (SSSR count). The summed E-state index contributed by atoms with van der Waals surface area (Å²) in [7, 11) is 0. The van der Waals surface area contributed by atoms with Gasteiger partial charge in [0, 0.05) is 0 Å². The summed E-state index contributed by atoms with van der Waals surface area (Å²) in [6, 6.07) is 7.02. The van der Waals surface area contributed by atoms with Crippen LogP contribution in [-0.4, -0.2) is 0 Å². The molecule has 0 fully saturated rings. The van der Waals surface area contributed by atoms with Crippen LogP contribution in [-0.2, 0) is 6.42 Å². The molecule has 0 aliphatic heterocycles. The Labute approximate surface area is 89.7 Å². The molecule has 0 atom stereocenters. The van der Waals surface area contributed by atoms with E-state index in [2.05, 4.69) is 6.92 Å². The summed E-state index contributed by atoms with van der Waals surface area (Å²) in [6.07, 6.45) is 2.21. The van der Waals surface area contributed by atoms with Crippen LogP contribution < -0.4 is 34.7 Å². The van der Waals surface area contributed by atoms with Gasteiger partial charge in [0.2, 0.25) is 0 Å². The Kier molecular flexibility index (Phi) is 5.65. The predicted octanol–water partition coefficient (Wildman–Crippen LogP) is -1.28. The first kappa shape index (κ1) is 11.0. The van der Waals surface area contributed by atoms with E-state index in [1.165, 1.54) is 5.56 Å². The Morgan fingerprint density at radius 3 is 2.18 bits per heavy atom. The molecule has 0 bridgehead atoms. The van der Waals surface area contributed by atoms with Gasteiger partial charge in [-0.1, -0.05) is 37.6 Å². The summed E-state index contributed by atoms with van der Waals surface area (Å²) in [4.78, 5) is 0. The molecule has 0 unspecified atom stereocenters. The third-order valence-electron chi connectivity index (χ3n) is 1.46. The van der Waals surface area contributed by atoms with E-state index < -0.39 is 0 Å². The normalized spacial score (nSPS) is 8.82. The molecule has 0 N–H and O–H groups in total. The van der Waals surface area contributed by atoms with Crippen molar-refractivity contribution in [1.29, 1.82) is 0 Å². The molecule has 2 heteroatoms. The van der Waals surface area contributed by atoms with Crippen LogP contribution in [0, 0.1) is 0 Å². The molecule has 0 amide bonds. The summed E-state index contributed by atoms with van der Waals surface area (Å²) < 4.78 is 0. The van der Waals surface area contributed by atoms with E-state index in [4.69, 9.17) is 0 Å². The molecule has 0 aliphatic carbocycles. The third kappa shape index (κ3) is 3.80.